The number of cyclic esters (lactones) is 1. The van der Waals surface area contributed by atoms with Gasteiger partial charge in [-0.1, -0.05) is 0 Å². The van der Waals surface area contributed by atoms with Crippen LogP contribution in [-0.2, 0) is 11.8 Å². The van der Waals surface area contributed by atoms with E-state index in [4.69, 9.17) is 9.47 Å². The van der Waals surface area contributed by atoms with E-state index in [0.717, 1.165) is 0 Å². The van der Waals surface area contributed by atoms with Crippen LogP contribution in [0.1, 0.15) is 35.9 Å². The van der Waals surface area contributed by atoms with Crippen molar-refractivity contribution in [1.82, 2.24) is 14.8 Å². The van der Waals surface area contributed by atoms with E-state index in [1.165, 1.54) is 12.1 Å². The van der Waals surface area contributed by atoms with E-state index in [1.54, 1.807) is 30.8 Å². The molecule has 1 aromatic carbocycles. The summed E-state index contributed by atoms with van der Waals surface area (Å²) in [4.78, 5) is 17.0. The van der Waals surface area contributed by atoms with Crippen LogP contribution in [0.5, 0.6) is 5.75 Å². The van der Waals surface area contributed by atoms with Crippen molar-refractivity contribution in [2.24, 2.45) is 7.05 Å². The van der Waals surface area contributed by atoms with Gasteiger partial charge in [0.2, 0.25) is 0 Å². The molecule has 0 saturated heterocycles. The number of aryl methyl sites for hydroxylation is 1. The molecule has 4 rings (SSSR count). The first-order valence-electron chi connectivity index (χ1n) is 8.66. The van der Waals surface area contributed by atoms with Gasteiger partial charge < -0.3 is 14.8 Å². The van der Waals surface area contributed by atoms with E-state index >= 15 is 0 Å². The molecule has 1 N–H and O–H groups in total. The second kappa shape index (κ2) is 6.53. The number of pyridine rings is 1. The maximum atomic E-state index is 13.8. The van der Waals surface area contributed by atoms with Gasteiger partial charge in [0.25, 0.3) is 0 Å². The van der Waals surface area contributed by atoms with E-state index < -0.39 is 12.1 Å². The van der Waals surface area contributed by atoms with Gasteiger partial charge in [-0.25, -0.2) is 14.2 Å². The molecule has 0 radical (unpaired) electrons. The van der Waals surface area contributed by atoms with Gasteiger partial charge in [0, 0.05) is 12.6 Å². The number of hydrogen-bond acceptors (Lipinski definition) is 6. The number of fused-ring (bicyclic) bond motifs is 2. The lowest BCUT2D eigenvalue weighted by Crippen LogP contribution is -2.23. The van der Waals surface area contributed by atoms with Crippen LogP contribution in [0, 0.1) is 5.82 Å². The van der Waals surface area contributed by atoms with E-state index in [1.807, 2.05) is 13.0 Å². The summed E-state index contributed by atoms with van der Waals surface area (Å²) in [6.07, 6.45) is -0.415. The molecule has 2 aromatic heterocycles. The van der Waals surface area contributed by atoms with Gasteiger partial charge >= 0.3 is 5.97 Å². The highest BCUT2D eigenvalue weighted by Crippen LogP contribution is 2.30. The largest absolute Gasteiger partial charge is 0.487 e. The highest BCUT2D eigenvalue weighted by atomic mass is 19.1. The highest BCUT2D eigenvalue weighted by Gasteiger charge is 2.23. The van der Waals surface area contributed by atoms with Crippen LogP contribution in [0.15, 0.2) is 30.3 Å². The van der Waals surface area contributed by atoms with Crippen molar-refractivity contribution in [2.45, 2.75) is 26.0 Å². The van der Waals surface area contributed by atoms with Crippen molar-refractivity contribution in [3.8, 4) is 5.75 Å². The first-order valence-corrected chi connectivity index (χ1v) is 8.66. The second-order valence-electron chi connectivity index (χ2n) is 6.61. The minimum atomic E-state index is -0.563. The molecule has 1 aliphatic heterocycles. The molecule has 27 heavy (non-hydrogen) atoms. The molecule has 140 valence electrons. The zero-order chi connectivity index (χ0) is 19.1. The Morgan fingerprint density at radius 2 is 2.07 bits per heavy atom. The number of nitrogens with zero attached hydrogens (tertiary/aromatic N) is 3. The molecule has 0 amide bonds. The van der Waals surface area contributed by atoms with Gasteiger partial charge in [0.1, 0.15) is 35.6 Å². The number of benzene rings is 1. The molecule has 3 aromatic rings. The fourth-order valence-electron chi connectivity index (χ4n) is 3.13. The lowest BCUT2D eigenvalue weighted by atomic mass is 10.1. The molecular weight excluding hydrogens is 351 g/mol. The Balaban J connectivity index is 1.84. The van der Waals surface area contributed by atoms with E-state index in [2.05, 4.69) is 15.4 Å². The number of nitrogens with one attached hydrogen (secondary N) is 1. The molecule has 2 atom stereocenters. The smallest absolute Gasteiger partial charge is 0.361 e. The SMILES string of the molecule is C[C@H]1COC(=O)c2nn(C)c3ccc(nc23)N[C@H](C)c2cc(F)ccc2O1. The summed E-state index contributed by atoms with van der Waals surface area (Å²) in [5, 5.41) is 7.48. The Kier molecular flexibility index (Phi) is 4.18. The van der Waals surface area contributed by atoms with Crippen molar-refractivity contribution in [2.75, 3.05) is 11.9 Å². The van der Waals surface area contributed by atoms with Crippen molar-refractivity contribution >= 4 is 22.8 Å². The predicted octanol–water partition coefficient (Wildman–Crippen LogP) is 3.22. The monoisotopic (exact) mass is 370 g/mol. The molecule has 3 heterocycles. The molecular formula is C19H19FN4O3. The molecule has 8 heteroatoms. The predicted molar refractivity (Wildman–Crippen MR) is 97.3 cm³/mol. The lowest BCUT2D eigenvalue weighted by molar-refractivity contribution is 0.0334. The maximum Gasteiger partial charge on any atom is 0.361 e. The molecule has 0 spiro atoms. The summed E-state index contributed by atoms with van der Waals surface area (Å²) in [6.45, 7) is 3.71. The molecule has 0 aliphatic carbocycles. The fourth-order valence-corrected chi connectivity index (χ4v) is 3.13. The normalized spacial score (nSPS) is 19.9. The molecule has 2 bridgehead atoms. The molecule has 1 aliphatic rings. The topological polar surface area (TPSA) is 78.3 Å². The van der Waals surface area contributed by atoms with Crippen LogP contribution in [0.3, 0.4) is 0 Å². The van der Waals surface area contributed by atoms with Crippen LogP contribution in [0.2, 0.25) is 0 Å². The third kappa shape index (κ3) is 3.18. The van der Waals surface area contributed by atoms with E-state index in [-0.39, 0.29) is 24.2 Å². The molecule has 0 fully saturated rings. The zero-order valence-corrected chi connectivity index (χ0v) is 15.2. The van der Waals surface area contributed by atoms with Gasteiger partial charge in [-0.15, -0.1) is 0 Å². The Hall–Kier alpha value is -3.16. The number of rotatable bonds is 0. The number of halogens is 1. The maximum absolute atomic E-state index is 13.8. The van der Waals surface area contributed by atoms with Gasteiger partial charge in [0.15, 0.2) is 5.69 Å². The minimum absolute atomic E-state index is 0.0369. The summed E-state index contributed by atoms with van der Waals surface area (Å²) < 4.78 is 26.7. The van der Waals surface area contributed by atoms with Crippen LogP contribution in [-0.4, -0.2) is 33.4 Å². The zero-order valence-electron chi connectivity index (χ0n) is 15.2. The van der Waals surface area contributed by atoms with Crippen molar-refractivity contribution < 1.29 is 18.7 Å². The number of aromatic nitrogens is 3. The quantitative estimate of drug-likeness (QED) is 0.612. The highest BCUT2D eigenvalue weighted by molar-refractivity contribution is 6.00. The van der Waals surface area contributed by atoms with Crippen LogP contribution in [0.4, 0.5) is 10.2 Å². The standard InChI is InChI=1S/C19H19FN4O3/c1-10-9-26-19(25)18-17-14(24(3)23-18)5-7-16(22-17)21-11(2)13-8-12(20)4-6-15(13)27-10/h4-8,10-11H,9H2,1-3H3,(H,21,22)/t10-,11+/m0/s1. The third-order valence-corrected chi connectivity index (χ3v) is 4.47. The Morgan fingerprint density at radius 1 is 1.26 bits per heavy atom. The Labute approximate surface area is 155 Å². The summed E-state index contributed by atoms with van der Waals surface area (Å²) in [7, 11) is 1.74. The summed E-state index contributed by atoms with van der Waals surface area (Å²) in [5.74, 6) is 0.149. The van der Waals surface area contributed by atoms with E-state index in [0.29, 0.717) is 28.2 Å². The van der Waals surface area contributed by atoms with E-state index in [9.17, 15) is 9.18 Å². The average Bonchev–Trinajstić information content (AvgIpc) is 2.97. The van der Waals surface area contributed by atoms with Crippen LogP contribution >= 0.6 is 0 Å². The lowest BCUT2D eigenvalue weighted by Gasteiger charge is -2.21. The Bertz CT molecular complexity index is 1030. The Morgan fingerprint density at radius 3 is 2.89 bits per heavy atom. The van der Waals surface area contributed by atoms with Gasteiger partial charge in [0.05, 0.1) is 11.6 Å². The average molecular weight is 370 g/mol. The number of ether oxygens (including phenoxy) is 2. The number of carbonyl (C=O) groups is 1. The third-order valence-electron chi connectivity index (χ3n) is 4.47. The fraction of sp³-hybridized carbons (Fsp3) is 0.316. The minimum Gasteiger partial charge on any atom is -0.487 e. The number of esters is 1. The molecule has 0 unspecified atom stereocenters. The van der Waals surface area contributed by atoms with Crippen LogP contribution in [0.25, 0.3) is 11.0 Å². The van der Waals surface area contributed by atoms with Crippen LogP contribution < -0.4 is 10.1 Å². The first-order chi connectivity index (χ1) is 12.9. The number of hydrogen-bond donors (Lipinski definition) is 1. The summed E-state index contributed by atoms with van der Waals surface area (Å²) in [6, 6.07) is 7.69. The van der Waals surface area contributed by atoms with Crippen molar-refractivity contribution in [3.05, 3.63) is 47.4 Å². The van der Waals surface area contributed by atoms with Gasteiger partial charge in [-0.2, -0.15) is 5.10 Å². The summed E-state index contributed by atoms with van der Waals surface area (Å²) >= 11 is 0. The number of carbonyl (C=O) groups excluding carboxylic acids is 1. The van der Waals surface area contributed by atoms with Gasteiger partial charge in [-0.3, -0.25) is 4.68 Å². The second-order valence-corrected chi connectivity index (χ2v) is 6.61. The number of anilines is 1. The molecule has 7 nitrogen and oxygen atoms in total. The molecule has 0 saturated carbocycles. The first kappa shape index (κ1) is 17.3. The van der Waals surface area contributed by atoms with Crippen molar-refractivity contribution in [1.29, 1.82) is 0 Å². The summed E-state index contributed by atoms with van der Waals surface area (Å²) in [5.41, 5.74) is 1.97. The van der Waals surface area contributed by atoms with Gasteiger partial charge in [-0.05, 0) is 44.2 Å². The van der Waals surface area contributed by atoms with Crippen molar-refractivity contribution in [3.63, 3.8) is 0 Å².